The number of amides is 2. The van der Waals surface area contributed by atoms with Gasteiger partial charge in [0.05, 0.1) is 11.3 Å². The molecule has 0 fully saturated rings. The van der Waals surface area contributed by atoms with Crippen LogP contribution in [0.5, 0.6) is 0 Å². The molecule has 0 saturated carbocycles. The number of anilines is 1. The largest absolute Gasteiger partial charge is 0.329 e. The van der Waals surface area contributed by atoms with Gasteiger partial charge in [-0.25, -0.2) is 9.59 Å². The van der Waals surface area contributed by atoms with Crippen molar-refractivity contribution in [2.75, 3.05) is 5.32 Å². The molecule has 3 N–H and O–H groups in total. The van der Waals surface area contributed by atoms with Crippen LogP contribution < -0.4 is 21.9 Å². The van der Waals surface area contributed by atoms with Crippen LogP contribution in [0, 0.1) is 0 Å². The normalized spacial score (nSPS) is 17.1. The number of nitrogens with one attached hydrogen (secondary N) is 3. The number of H-pyrrole nitrogens is 1. The Morgan fingerprint density at radius 3 is 2.75 bits per heavy atom. The zero-order chi connectivity index (χ0) is 14.3. The Morgan fingerprint density at radius 2 is 2.05 bits per heavy atom. The highest BCUT2D eigenvalue weighted by atomic mass is 16.2. The first-order valence-electron chi connectivity index (χ1n) is 5.89. The van der Waals surface area contributed by atoms with E-state index in [0.29, 0.717) is 5.69 Å². The lowest BCUT2D eigenvalue weighted by Crippen LogP contribution is -2.46. The molecule has 1 aliphatic rings. The monoisotopic (exact) mass is 273 g/mol. The molecule has 102 valence electrons. The van der Waals surface area contributed by atoms with Crippen molar-refractivity contribution in [1.82, 2.24) is 19.9 Å². The third-order valence-electron chi connectivity index (χ3n) is 3.14. The molecular formula is C12H11N5O3. The zero-order valence-corrected chi connectivity index (χ0v) is 10.5. The van der Waals surface area contributed by atoms with Crippen LogP contribution >= 0.6 is 0 Å². The summed E-state index contributed by atoms with van der Waals surface area (Å²) in [6.07, 6.45) is 1.57. The molecule has 1 atom stereocenters. The molecule has 0 saturated heterocycles. The number of carbonyl (C=O) groups is 1. The van der Waals surface area contributed by atoms with Crippen molar-refractivity contribution in [3.8, 4) is 0 Å². The van der Waals surface area contributed by atoms with E-state index in [4.69, 9.17) is 0 Å². The topological polar surface area (TPSA) is 109 Å². The molecule has 0 aliphatic carbocycles. The van der Waals surface area contributed by atoms with Crippen molar-refractivity contribution < 1.29 is 4.79 Å². The van der Waals surface area contributed by atoms with Gasteiger partial charge in [0.15, 0.2) is 0 Å². The van der Waals surface area contributed by atoms with Crippen molar-refractivity contribution >= 4 is 11.8 Å². The van der Waals surface area contributed by atoms with Gasteiger partial charge in [-0.1, -0.05) is 6.07 Å². The van der Waals surface area contributed by atoms with Gasteiger partial charge in [0.25, 0.3) is 5.56 Å². The van der Waals surface area contributed by atoms with Crippen LogP contribution in [0.15, 0.2) is 34.0 Å². The van der Waals surface area contributed by atoms with Crippen molar-refractivity contribution in [2.24, 2.45) is 7.05 Å². The molecule has 0 aromatic carbocycles. The Labute approximate surface area is 112 Å². The van der Waals surface area contributed by atoms with Crippen molar-refractivity contribution in [3.05, 3.63) is 56.5 Å². The van der Waals surface area contributed by atoms with Gasteiger partial charge in [-0.15, -0.1) is 0 Å². The van der Waals surface area contributed by atoms with Crippen LogP contribution in [0.1, 0.15) is 17.3 Å². The number of hydrogen-bond donors (Lipinski definition) is 3. The SMILES string of the molecule is Cn1c2c(c(=O)[nH]c1=O)C(c1ccccn1)NC(=O)N2. The van der Waals surface area contributed by atoms with E-state index >= 15 is 0 Å². The third kappa shape index (κ3) is 1.78. The molecule has 20 heavy (non-hydrogen) atoms. The van der Waals surface area contributed by atoms with Gasteiger partial charge in [0.2, 0.25) is 0 Å². The molecule has 0 radical (unpaired) electrons. The summed E-state index contributed by atoms with van der Waals surface area (Å²) in [5, 5.41) is 5.10. The van der Waals surface area contributed by atoms with Gasteiger partial charge < -0.3 is 5.32 Å². The van der Waals surface area contributed by atoms with Crippen molar-refractivity contribution in [1.29, 1.82) is 0 Å². The van der Waals surface area contributed by atoms with Gasteiger partial charge in [-0.3, -0.25) is 24.6 Å². The Hall–Kier alpha value is -2.90. The van der Waals surface area contributed by atoms with Gasteiger partial charge in [0, 0.05) is 13.2 Å². The Balaban J connectivity index is 2.28. The average molecular weight is 273 g/mol. The number of carbonyl (C=O) groups excluding carboxylic acids is 1. The molecule has 3 heterocycles. The van der Waals surface area contributed by atoms with E-state index in [2.05, 4.69) is 20.6 Å². The van der Waals surface area contributed by atoms with Crippen molar-refractivity contribution in [3.63, 3.8) is 0 Å². The summed E-state index contributed by atoms with van der Waals surface area (Å²) in [7, 11) is 1.47. The van der Waals surface area contributed by atoms with Crippen LogP contribution in [0.4, 0.5) is 10.6 Å². The number of urea groups is 1. The smallest absolute Gasteiger partial charge is 0.325 e. The number of nitrogens with zero attached hydrogens (tertiary/aromatic N) is 2. The number of rotatable bonds is 1. The number of fused-ring (bicyclic) bond motifs is 1. The second-order valence-corrected chi connectivity index (χ2v) is 4.37. The molecule has 3 rings (SSSR count). The minimum absolute atomic E-state index is 0.179. The predicted molar refractivity (Wildman–Crippen MR) is 70.5 cm³/mol. The maximum absolute atomic E-state index is 12.0. The van der Waals surface area contributed by atoms with Gasteiger partial charge in [0.1, 0.15) is 11.9 Å². The highest BCUT2D eigenvalue weighted by Crippen LogP contribution is 2.26. The highest BCUT2D eigenvalue weighted by molar-refractivity contribution is 5.92. The van der Waals surface area contributed by atoms with Crippen LogP contribution in [0.3, 0.4) is 0 Å². The average Bonchev–Trinajstić information content (AvgIpc) is 2.45. The molecule has 0 bridgehead atoms. The molecule has 8 nitrogen and oxygen atoms in total. The second-order valence-electron chi connectivity index (χ2n) is 4.37. The van der Waals surface area contributed by atoms with E-state index in [-0.39, 0.29) is 11.4 Å². The Bertz CT molecular complexity index is 793. The lowest BCUT2D eigenvalue weighted by atomic mass is 10.0. The van der Waals surface area contributed by atoms with E-state index in [0.717, 1.165) is 0 Å². The molecular weight excluding hydrogens is 262 g/mol. The minimum Gasteiger partial charge on any atom is -0.325 e. The van der Waals surface area contributed by atoms with Crippen molar-refractivity contribution in [2.45, 2.75) is 6.04 Å². The van der Waals surface area contributed by atoms with E-state index < -0.39 is 23.3 Å². The van der Waals surface area contributed by atoms with E-state index in [1.807, 2.05) is 0 Å². The maximum atomic E-state index is 12.0. The van der Waals surface area contributed by atoms with Crippen LogP contribution in [0.2, 0.25) is 0 Å². The summed E-state index contributed by atoms with van der Waals surface area (Å²) in [5.41, 5.74) is -0.361. The fourth-order valence-electron chi connectivity index (χ4n) is 2.17. The highest BCUT2D eigenvalue weighted by Gasteiger charge is 2.31. The Morgan fingerprint density at radius 1 is 1.25 bits per heavy atom. The zero-order valence-electron chi connectivity index (χ0n) is 10.5. The summed E-state index contributed by atoms with van der Waals surface area (Å²) in [5.74, 6) is 0.179. The second kappa shape index (κ2) is 4.34. The lowest BCUT2D eigenvalue weighted by Gasteiger charge is -2.26. The summed E-state index contributed by atoms with van der Waals surface area (Å²) < 4.78 is 1.19. The number of pyridine rings is 1. The van der Waals surface area contributed by atoms with Gasteiger partial charge in [-0.2, -0.15) is 0 Å². The quantitative estimate of drug-likeness (QED) is 0.662. The van der Waals surface area contributed by atoms with Crippen LogP contribution in [-0.2, 0) is 7.05 Å². The molecule has 1 aliphatic heterocycles. The maximum Gasteiger partial charge on any atom is 0.329 e. The van der Waals surface area contributed by atoms with Crippen LogP contribution in [-0.4, -0.2) is 20.6 Å². The van der Waals surface area contributed by atoms with Crippen LogP contribution in [0.25, 0.3) is 0 Å². The summed E-state index contributed by atoms with van der Waals surface area (Å²) in [6.45, 7) is 0. The van der Waals surface area contributed by atoms with Gasteiger partial charge in [-0.05, 0) is 12.1 Å². The third-order valence-corrected chi connectivity index (χ3v) is 3.14. The standard InChI is InChI=1S/C12H11N5O3/c1-17-9-7(10(18)16-12(17)20)8(14-11(19)15-9)6-4-2-3-5-13-6/h2-5,8H,1H3,(H2,14,15,19)(H,16,18,20). The lowest BCUT2D eigenvalue weighted by molar-refractivity contribution is 0.248. The fourth-order valence-corrected chi connectivity index (χ4v) is 2.17. The Kier molecular flexibility index (Phi) is 2.63. The number of aromatic amines is 1. The summed E-state index contributed by atoms with van der Waals surface area (Å²) in [4.78, 5) is 41.7. The molecule has 1 unspecified atom stereocenters. The van der Waals surface area contributed by atoms with E-state index in [1.165, 1.54) is 11.6 Å². The van der Waals surface area contributed by atoms with E-state index in [1.54, 1.807) is 24.4 Å². The first-order chi connectivity index (χ1) is 9.58. The molecule has 8 heteroatoms. The molecule has 0 spiro atoms. The first kappa shape index (κ1) is 12.2. The van der Waals surface area contributed by atoms with Gasteiger partial charge >= 0.3 is 11.7 Å². The molecule has 2 amide bonds. The predicted octanol–water partition coefficient (Wildman–Crippen LogP) is -0.307. The molecule has 2 aromatic heterocycles. The fraction of sp³-hybridized carbons (Fsp3) is 0.167. The summed E-state index contributed by atoms with van der Waals surface area (Å²) in [6, 6.07) is 4.00. The number of hydrogen-bond acceptors (Lipinski definition) is 4. The summed E-state index contributed by atoms with van der Waals surface area (Å²) >= 11 is 0. The first-order valence-corrected chi connectivity index (χ1v) is 5.89. The number of aromatic nitrogens is 3. The molecule has 2 aromatic rings. The van der Waals surface area contributed by atoms with E-state index in [9.17, 15) is 14.4 Å². The minimum atomic E-state index is -0.699.